The van der Waals surface area contributed by atoms with Crippen molar-refractivity contribution in [2.75, 3.05) is 73.0 Å². The molecule has 20 aromatic rings. The Kier molecular flexibility index (Phi) is 35.0. The minimum absolute atomic E-state index is 0. The lowest BCUT2D eigenvalue weighted by atomic mass is 9.99. The first-order valence-electron chi connectivity index (χ1n) is 50.0. The van der Waals surface area contributed by atoms with E-state index in [-0.39, 0.29) is 7.13 Å². The Labute approximate surface area is 907 Å². The molecule has 26 nitrogen and oxygen atoms in total. The molecule has 0 atom stereocenters. The SMILES string of the molecule is CCN(CC)c1cc(C)c(Nc2nc(-c3ccc(-n4ccnc4)cc3)cs2)cc1C.COc1cc(C)c(Nc2nc(-c3ccc(-n4ccnc4)cc3)cs2)cc1C(C)C.COc1cc(C)c(Nc2nc(-c3ccc(-n4cnc(C)c4)cc3)c(C)s2)cc1C(C)C.COc1cc(C)c(Nc2nc(-c3ccc(-n4cnc(C)c4)cc3)cs2)cc1C(C)C.COc1cc(C)c(Nc2nc(-c3ccc(-n4cnc(C)c4)nc3)cs2)cc1C(C)C.[HH].[HH].[HH].[HH].[HH]. The molecule has 5 N–H and O–H groups in total. The summed E-state index contributed by atoms with van der Waals surface area (Å²) >= 11 is 8.09. The van der Waals surface area contributed by atoms with E-state index in [0.717, 1.165) is 214 Å². The fourth-order valence-electron chi connectivity index (χ4n) is 17.2. The van der Waals surface area contributed by atoms with Gasteiger partial charge in [-0.1, -0.05) is 104 Å². The summed E-state index contributed by atoms with van der Waals surface area (Å²) in [5, 5.41) is 30.2. The number of nitrogens with zero attached hydrogens (tertiary/aromatic N) is 17. The minimum Gasteiger partial charge on any atom is -0.496 e. The lowest BCUT2D eigenvalue weighted by molar-refractivity contribution is 0.407. The second-order valence-electron chi connectivity index (χ2n) is 37.9. The summed E-state index contributed by atoms with van der Waals surface area (Å²) in [7, 11) is 6.89. The fraction of sp³-hybridized carbons (Fsp3) is 0.252. The molecule has 11 heterocycles. The molecule has 11 aromatic heterocycles. The molecule has 0 aliphatic heterocycles. The van der Waals surface area contributed by atoms with Gasteiger partial charge in [-0.05, 0) is 284 Å². The van der Waals surface area contributed by atoms with Crippen LogP contribution in [-0.4, -0.2) is 119 Å². The third-order valence-electron chi connectivity index (χ3n) is 25.7. The standard InChI is InChI=1S/C25H28N4OS.C24H27N5S.C24H26N4OS.C23H25N5OS.C23H24N4OS.5H2/c1-15(2)21-12-22(16(3)11-23(21)30-6)27-25-28-24(18(5)31-25)19-7-9-20(10-8-19)29-13-17(4)26-14-29;1-5-28(6-2)23-14-17(3)21(13-18(23)4)26-24-27-22(15-30-24)19-7-9-20(10-8-19)29-12-11-25-16-29;1-15(2)20-11-21(16(3)10-23(20)29-5)26-24-27-22(13-30-24)18-6-8-19(9-7-18)28-12-17(4)25-14-28;1-14(2)18-9-19(15(3)8-21(18)29-5)26-23-27-20(12-30-23)17-6-7-22(24-10-17)28-11-16(4)25-13-28;1-15(2)19-12-20(16(3)11-22(19)28-4)25-23-26-21(13-29-23)17-5-7-18(8-6-17)27-10-9-24-14-27;;;;;/h7-15H,1-6H3,(H,27,28);7-16H,5-6H2,1-4H3,(H,26,27);6-15H,1-5H3,(H,26,27);6-14H,1-5H3,(H,26,27);5-15H,1-4H3,(H,25,26);5*1H. The molecule has 0 saturated heterocycles. The Morgan fingerprint density at radius 1 is 0.320 bits per heavy atom. The average molecular weight is 2100 g/mol. The number of nitrogens with one attached hydrogen (secondary N) is 5. The van der Waals surface area contributed by atoms with E-state index in [0.29, 0.717) is 23.7 Å². The van der Waals surface area contributed by atoms with Crippen molar-refractivity contribution in [1.82, 2.24) is 77.7 Å². The Bertz CT molecular complexity index is 7720. The highest BCUT2D eigenvalue weighted by atomic mass is 32.1. The number of anilines is 11. The number of imidazole rings is 5. The number of pyridine rings is 1. The number of benzene rings is 9. The molecule has 0 unspecified atom stereocenters. The zero-order chi connectivity index (χ0) is 106. The average Bonchev–Trinajstić information content (AvgIpc) is 1.63. The number of aryl methyl sites for hydroxylation is 10. The number of hydrogen-bond donors (Lipinski definition) is 5. The predicted octanol–water partition coefficient (Wildman–Crippen LogP) is 32.8. The third kappa shape index (κ3) is 26.2. The molecule has 0 amide bonds. The van der Waals surface area contributed by atoms with Gasteiger partial charge in [-0.15, -0.1) is 56.7 Å². The number of rotatable bonds is 31. The number of methoxy groups -OCH3 is 4. The molecule has 150 heavy (non-hydrogen) atoms. The van der Waals surface area contributed by atoms with E-state index in [1.807, 2.05) is 111 Å². The van der Waals surface area contributed by atoms with Crippen LogP contribution in [0.15, 0.2) is 273 Å². The van der Waals surface area contributed by atoms with E-state index in [1.165, 1.54) is 43.9 Å². The summed E-state index contributed by atoms with van der Waals surface area (Å²) in [6, 6.07) is 59.0. The smallest absolute Gasteiger partial charge is 0.187 e. The van der Waals surface area contributed by atoms with Crippen LogP contribution in [0.2, 0.25) is 0 Å². The maximum Gasteiger partial charge on any atom is 0.187 e. The topological polar surface area (TPSA) is 267 Å². The van der Waals surface area contributed by atoms with Crippen molar-refractivity contribution < 1.29 is 26.1 Å². The van der Waals surface area contributed by atoms with Crippen molar-refractivity contribution in [2.24, 2.45) is 0 Å². The molecule has 0 bridgehead atoms. The van der Waals surface area contributed by atoms with Crippen molar-refractivity contribution in [3.05, 3.63) is 350 Å². The van der Waals surface area contributed by atoms with Gasteiger partial charge in [0, 0.05) is 181 Å². The molecule has 780 valence electrons. The summed E-state index contributed by atoms with van der Waals surface area (Å²) < 4.78 is 32.1. The number of ether oxygens (including phenoxy) is 4. The first kappa shape index (κ1) is 107. The normalized spacial score (nSPS) is 11.1. The number of thiazole rings is 5. The third-order valence-corrected chi connectivity index (χ3v) is 29.7. The highest BCUT2D eigenvalue weighted by Gasteiger charge is 2.23. The molecule has 0 spiro atoms. The molecule has 0 aliphatic carbocycles. The lowest BCUT2D eigenvalue weighted by Crippen LogP contribution is -2.22. The lowest BCUT2D eigenvalue weighted by Gasteiger charge is -2.24. The second-order valence-corrected chi connectivity index (χ2v) is 42.5. The van der Waals surface area contributed by atoms with Gasteiger partial charge < -0.3 is 68.7 Å². The molecule has 0 radical (unpaired) electrons. The summed E-state index contributed by atoms with van der Waals surface area (Å²) in [6.45, 7) is 44.5. The van der Waals surface area contributed by atoms with Crippen LogP contribution in [0.4, 0.5) is 59.8 Å². The Morgan fingerprint density at radius 2 is 0.627 bits per heavy atom. The molecule has 0 aliphatic rings. The molecule has 31 heteroatoms. The van der Waals surface area contributed by atoms with Gasteiger partial charge in [0.05, 0.1) is 99.3 Å². The molecular formula is C119H140N22O4S5. The van der Waals surface area contributed by atoms with Crippen LogP contribution in [0, 0.1) is 69.2 Å². The predicted molar refractivity (Wildman–Crippen MR) is 634 cm³/mol. The van der Waals surface area contributed by atoms with Crippen molar-refractivity contribution in [2.45, 2.75) is 162 Å². The largest absolute Gasteiger partial charge is 0.496 e. The molecule has 0 fully saturated rings. The van der Waals surface area contributed by atoms with Crippen LogP contribution in [0.25, 0.3) is 84.9 Å². The van der Waals surface area contributed by atoms with Crippen LogP contribution < -0.4 is 50.4 Å². The maximum absolute atomic E-state index is 5.57. The van der Waals surface area contributed by atoms with E-state index in [1.54, 1.807) is 116 Å². The van der Waals surface area contributed by atoms with E-state index < -0.39 is 0 Å². The van der Waals surface area contributed by atoms with Gasteiger partial charge in [-0.25, -0.2) is 54.8 Å². The van der Waals surface area contributed by atoms with E-state index in [9.17, 15) is 0 Å². The first-order valence-corrected chi connectivity index (χ1v) is 54.3. The first-order chi connectivity index (χ1) is 72.4. The Morgan fingerprint density at radius 3 is 0.927 bits per heavy atom. The zero-order valence-electron chi connectivity index (χ0n) is 89.5. The van der Waals surface area contributed by atoms with E-state index >= 15 is 0 Å². The van der Waals surface area contributed by atoms with Gasteiger partial charge >= 0.3 is 0 Å². The van der Waals surface area contributed by atoms with Gasteiger partial charge in [0.25, 0.3) is 0 Å². The molecule has 0 saturated carbocycles. The molecular weight excluding hydrogens is 1960 g/mol. The van der Waals surface area contributed by atoms with Crippen LogP contribution in [-0.2, 0) is 0 Å². The fourth-order valence-corrected chi connectivity index (χ4v) is 21.0. The highest BCUT2D eigenvalue weighted by Crippen LogP contribution is 2.43. The monoisotopic (exact) mass is 2100 g/mol. The summed E-state index contributed by atoms with van der Waals surface area (Å²) in [5.41, 5.74) is 35.9. The van der Waals surface area contributed by atoms with Crippen molar-refractivity contribution in [3.63, 3.8) is 0 Å². The second kappa shape index (κ2) is 49.0. The van der Waals surface area contributed by atoms with Gasteiger partial charge in [0.1, 0.15) is 35.1 Å². The van der Waals surface area contributed by atoms with Gasteiger partial charge in [-0.2, -0.15) is 0 Å². The highest BCUT2D eigenvalue weighted by molar-refractivity contribution is 7.16. The summed E-state index contributed by atoms with van der Waals surface area (Å²) in [4.78, 5) is 53.2. The number of hydrogen-bond acceptors (Lipinski definition) is 26. The molecule has 20 rings (SSSR count). The van der Waals surface area contributed by atoms with Crippen molar-refractivity contribution >= 4 is 116 Å². The van der Waals surface area contributed by atoms with E-state index in [4.69, 9.17) is 43.9 Å². The zero-order valence-corrected chi connectivity index (χ0v) is 93.6. The molecule has 9 aromatic carbocycles. The van der Waals surface area contributed by atoms with Crippen LogP contribution in [0.1, 0.15) is 178 Å². The summed E-state index contributed by atoms with van der Waals surface area (Å²) in [5.74, 6) is 6.07. The summed E-state index contributed by atoms with van der Waals surface area (Å²) in [6.07, 6.45) is 24.3. The quantitative estimate of drug-likeness (QED) is 0.0270. The van der Waals surface area contributed by atoms with Crippen LogP contribution in [0.5, 0.6) is 23.0 Å². The maximum atomic E-state index is 5.57. The van der Waals surface area contributed by atoms with E-state index in [2.05, 4.69) is 353 Å². The van der Waals surface area contributed by atoms with Crippen LogP contribution >= 0.6 is 56.7 Å². The van der Waals surface area contributed by atoms with Crippen molar-refractivity contribution in [1.29, 1.82) is 0 Å². The van der Waals surface area contributed by atoms with Crippen molar-refractivity contribution in [3.8, 4) is 108 Å². The Hall–Kier alpha value is -15.7. The van der Waals surface area contributed by atoms with Crippen LogP contribution in [0.3, 0.4) is 0 Å². The minimum atomic E-state index is 0. The van der Waals surface area contributed by atoms with Gasteiger partial charge in [0.15, 0.2) is 25.7 Å². The Balaban J connectivity index is 0.000000182. The van der Waals surface area contributed by atoms with Gasteiger partial charge in [-0.3, -0.25) is 4.57 Å². The number of aromatic nitrogens is 16. The van der Waals surface area contributed by atoms with Gasteiger partial charge in [0.2, 0.25) is 0 Å².